The number of esters is 3. The number of fused-ring (bicyclic) bond motifs is 1. The van der Waals surface area contributed by atoms with Crippen LogP contribution in [0.2, 0.25) is 0 Å². The summed E-state index contributed by atoms with van der Waals surface area (Å²) in [6.45, 7) is 0. The van der Waals surface area contributed by atoms with Crippen molar-refractivity contribution in [2.75, 3.05) is 0 Å². The Kier molecular flexibility index (Phi) is 10.1. The molecule has 1 saturated heterocycles. The van der Waals surface area contributed by atoms with Gasteiger partial charge >= 0.3 is 17.9 Å². The molecule has 3 heterocycles. The lowest BCUT2D eigenvalue weighted by Gasteiger charge is -2.43. The standard InChI is InChI=1S/C33H24Cl3N5O8/c34-33(35,36)31(37)49-30-25(47-29(44)21-15-8-3-9-16-21)23(46-28(43)20-13-6-2-7-14-20)22(45-27(42)19-11-4-1-5-12-19)24(48-30)26-39-32-38-17-10-18-41(32)40-26/h1-18,22-25,30,37H/t22-,23-,24?,25?,30+/m0/s1. The fraction of sp³-hybridized carbons (Fsp3) is 0.182. The van der Waals surface area contributed by atoms with E-state index in [0.717, 1.165) is 0 Å². The molecule has 5 atom stereocenters. The molecule has 250 valence electrons. The first kappa shape index (κ1) is 33.8. The fourth-order valence-electron chi connectivity index (χ4n) is 4.85. The summed E-state index contributed by atoms with van der Waals surface area (Å²) >= 11 is 17.9. The number of benzene rings is 3. The topological polar surface area (TPSA) is 164 Å². The van der Waals surface area contributed by atoms with Crippen molar-refractivity contribution in [2.24, 2.45) is 0 Å². The number of carbonyl (C=O) groups excluding carboxylic acids is 3. The number of ether oxygens (including phenoxy) is 5. The van der Waals surface area contributed by atoms with Crippen molar-refractivity contribution >= 4 is 64.4 Å². The average molecular weight is 725 g/mol. The van der Waals surface area contributed by atoms with Crippen LogP contribution in [-0.2, 0) is 23.7 Å². The Morgan fingerprint density at radius 3 is 1.67 bits per heavy atom. The van der Waals surface area contributed by atoms with Gasteiger partial charge in [0, 0.05) is 12.4 Å². The second kappa shape index (κ2) is 14.6. The molecule has 0 spiro atoms. The summed E-state index contributed by atoms with van der Waals surface area (Å²) < 4.78 is 28.7. The van der Waals surface area contributed by atoms with E-state index >= 15 is 0 Å². The molecular weight excluding hydrogens is 701 g/mol. The van der Waals surface area contributed by atoms with Crippen LogP contribution in [0.1, 0.15) is 43.0 Å². The molecule has 3 aromatic carbocycles. The first-order valence-corrected chi connectivity index (χ1v) is 15.6. The Labute approximate surface area is 293 Å². The van der Waals surface area contributed by atoms with Gasteiger partial charge in [0.25, 0.3) is 9.57 Å². The highest BCUT2D eigenvalue weighted by Gasteiger charge is 2.56. The fourth-order valence-corrected chi connectivity index (χ4v) is 4.99. The number of alkyl halides is 3. The zero-order valence-electron chi connectivity index (χ0n) is 25.0. The van der Waals surface area contributed by atoms with E-state index in [0.29, 0.717) is 0 Å². The van der Waals surface area contributed by atoms with Crippen LogP contribution in [-0.4, -0.2) is 71.8 Å². The minimum absolute atomic E-state index is 0.0906. The van der Waals surface area contributed by atoms with Gasteiger partial charge in [-0.3, -0.25) is 5.41 Å². The van der Waals surface area contributed by atoms with Crippen LogP contribution in [0.4, 0.5) is 0 Å². The number of nitrogens with zero attached hydrogens (tertiary/aromatic N) is 4. The minimum Gasteiger partial charge on any atom is -0.451 e. The number of halogens is 3. The van der Waals surface area contributed by atoms with E-state index in [1.165, 1.54) is 47.1 Å². The third kappa shape index (κ3) is 7.81. The number of rotatable bonds is 8. The molecule has 0 saturated carbocycles. The van der Waals surface area contributed by atoms with E-state index < -0.39 is 58.3 Å². The van der Waals surface area contributed by atoms with Crippen molar-refractivity contribution in [2.45, 2.75) is 34.5 Å². The van der Waals surface area contributed by atoms with Crippen LogP contribution in [0.3, 0.4) is 0 Å². The van der Waals surface area contributed by atoms with Gasteiger partial charge in [0.2, 0.25) is 18.3 Å². The third-order valence-electron chi connectivity index (χ3n) is 7.13. The zero-order valence-corrected chi connectivity index (χ0v) is 27.2. The number of hydrogen-bond donors (Lipinski definition) is 1. The highest BCUT2D eigenvalue weighted by atomic mass is 35.6. The number of carbonyl (C=O) groups is 3. The maximum atomic E-state index is 13.7. The molecule has 0 aliphatic carbocycles. The molecule has 13 nitrogen and oxygen atoms in total. The maximum Gasteiger partial charge on any atom is 0.338 e. The first-order valence-electron chi connectivity index (χ1n) is 14.5. The second-order valence-electron chi connectivity index (χ2n) is 10.4. The summed E-state index contributed by atoms with van der Waals surface area (Å²) in [4.78, 5) is 49.4. The predicted molar refractivity (Wildman–Crippen MR) is 174 cm³/mol. The normalized spacial score (nSPS) is 20.6. The van der Waals surface area contributed by atoms with E-state index in [4.69, 9.17) is 63.9 Å². The van der Waals surface area contributed by atoms with Gasteiger partial charge in [-0.1, -0.05) is 89.4 Å². The van der Waals surface area contributed by atoms with E-state index in [9.17, 15) is 14.4 Å². The van der Waals surface area contributed by atoms with Crippen molar-refractivity contribution in [1.29, 1.82) is 5.41 Å². The summed E-state index contributed by atoms with van der Waals surface area (Å²) in [6.07, 6.45) is -5.24. The first-order chi connectivity index (χ1) is 23.6. The highest BCUT2D eigenvalue weighted by molar-refractivity contribution is 6.76. The van der Waals surface area contributed by atoms with E-state index in [1.54, 1.807) is 66.9 Å². The SMILES string of the molecule is N=C(O[C@H]1OC(c2nc3ncccn3n2)[C@@H](OC(=O)c2ccccc2)[C@H](OC(=O)c2ccccc2)C1OC(=O)c1ccccc1)C(Cl)(Cl)Cl. The minimum atomic E-state index is -2.38. The van der Waals surface area contributed by atoms with Crippen LogP contribution in [0.15, 0.2) is 109 Å². The van der Waals surface area contributed by atoms with E-state index in [1.807, 2.05) is 0 Å². The van der Waals surface area contributed by atoms with Crippen molar-refractivity contribution in [1.82, 2.24) is 19.6 Å². The molecular formula is C33H24Cl3N5O8. The molecule has 1 aliphatic rings. The lowest BCUT2D eigenvalue weighted by atomic mass is 9.96. The molecule has 0 radical (unpaired) electrons. The second-order valence-corrected chi connectivity index (χ2v) is 12.7. The lowest BCUT2D eigenvalue weighted by Crippen LogP contribution is -2.60. The Balaban J connectivity index is 1.49. The van der Waals surface area contributed by atoms with Gasteiger partial charge in [-0.25, -0.2) is 23.9 Å². The number of aromatic nitrogens is 4. The molecule has 1 aliphatic heterocycles. The molecule has 6 rings (SSSR count). The van der Waals surface area contributed by atoms with E-state index in [2.05, 4.69) is 15.1 Å². The average Bonchev–Trinajstić information content (AvgIpc) is 3.55. The van der Waals surface area contributed by atoms with Gasteiger partial charge in [-0.05, 0) is 42.5 Å². The zero-order chi connectivity index (χ0) is 34.5. The molecule has 0 bridgehead atoms. The number of nitrogens with one attached hydrogen (secondary N) is 1. The molecule has 1 fully saturated rings. The summed E-state index contributed by atoms with van der Waals surface area (Å²) in [5, 5.41) is 12.7. The summed E-state index contributed by atoms with van der Waals surface area (Å²) in [6, 6.07) is 25.4. The molecule has 2 unspecified atom stereocenters. The molecule has 5 aromatic rings. The third-order valence-corrected chi connectivity index (χ3v) is 7.65. The molecule has 16 heteroatoms. The molecule has 49 heavy (non-hydrogen) atoms. The predicted octanol–water partition coefficient (Wildman–Crippen LogP) is 5.56. The van der Waals surface area contributed by atoms with Crippen LogP contribution < -0.4 is 0 Å². The van der Waals surface area contributed by atoms with Crippen LogP contribution >= 0.6 is 34.8 Å². The van der Waals surface area contributed by atoms with E-state index in [-0.39, 0.29) is 28.3 Å². The largest absolute Gasteiger partial charge is 0.451 e. The number of hydrogen-bond acceptors (Lipinski definition) is 12. The van der Waals surface area contributed by atoms with Gasteiger partial charge in [0.05, 0.1) is 16.7 Å². The Bertz CT molecular complexity index is 1930. The molecule has 0 amide bonds. The monoisotopic (exact) mass is 723 g/mol. The van der Waals surface area contributed by atoms with Crippen LogP contribution in [0, 0.1) is 5.41 Å². The Morgan fingerprint density at radius 1 is 0.694 bits per heavy atom. The van der Waals surface area contributed by atoms with Gasteiger partial charge in [0.1, 0.15) is 0 Å². The van der Waals surface area contributed by atoms with Crippen molar-refractivity contribution in [3.63, 3.8) is 0 Å². The van der Waals surface area contributed by atoms with Crippen molar-refractivity contribution in [3.05, 3.63) is 132 Å². The summed E-state index contributed by atoms with van der Waals surface area (Å²) in [7, 11) is 0. The lowest BCUT2D eigenvalue weighted by molar-refractivity contribution is -0.278. The van der Waals surface area contributed by atoms with Gasteiger partial charge in [0.15, 0.2) is 24.1 Å². The van der Waals surface area contributed by atoms with Crippen molar-refractivity contribution in [3.8, 4) is 0 Å². The summed E-state index contributed by atoms with van der Waals surface area (Å²) in [5.41, 5.74) is 0.375. The van der Waals surface area contributed by atoms with Crippen LogP contribution in [0.25, 0.3) is 5.78 Å². The highest BCUT2D eigenvalue weighted by Crippen LogP contribution is 2.39. The molecule has 1 N–H and O–H groups in total. The van der Waals surface area contributed by atoms with Gasteiger partial charge in [-0.15, -0.1) is 5.10 Å². The smallest absolute Gasteiger partial charge is 0.338 e. The quantitative estimate of drug-likeness (QED) is 0.0700. The van der Waals surface area contributed by atoms with Gasteiger partial charge < -0.3 is 23.7 Å². The Hall–Kier alpha value is -5.08. The maximum absolute atomic E-state index is 13.7. The van der Waals surface area contributed by atoms with Gasteiger partial charge in [-0.2, -0.15) is 4.98 Å². The van der Waals surface area contributed by atoms with Crippen LogP contribution in [0.5, 0.6) is 0 Å². The molecule has 2 aromatic heterocycles. The Morgan fingerprint density at radius 2 is 1.18 bits per heavy atom. The summed E-state index contributed by atoms with van der Waals surface area (Å²) in [5.74, 6) is -3.48. The van der Waals surface area contributed by atoms with Crippen molar-refractivity contribution < 1.29 is 38.1 Å².